The number of rotatable bonds is 5. The van der Waals surface area contributed by atoms with Gasteiger partial charge in [-0.15, -0.1) is 0 Å². The molecule has 2 N–H and O–H groups in total. The summed E-state index contributed by atoms with van der Waals surface area (Å²) in [5.41, 5.74) is 11.3. The van der Waals surface area contributed by atoms with Crippen molar-refractivity contribution in [2.75, 3.05) is 25.5 Å². The third-order valence-electron chi connectivity index (χ3n) is 8.00. The van der Waals surface area contributed by atoms with Gasteiger partial charge in [-0.1, -0.05) is 0 Å². The summed E-state index contributed by atoms with van der Waals surface area (Å²) in [6.45, 7) is 7.57. The lowest BCUT2D eigenvalue weighted by Gasteiger charge is -2.34. The summed E-state index contributed by atoms with van der Waals surface area (Å²) in [6.07, 6.45) is 4.37. The van der Waals surface area contributed by atoms with Gasteiger partial charge in [0.05, 0.1) is 24.9 Å². The van der Waals surface area contributed by atoms with E-state index in [4.69, 9.17) is 15.6 Å². The SMILES string of the molecule is CC(C)n1nc(-c2cnc(N)c(C3CC3)c2)cc1[C@@]12C3[C@H]1[C@H]2CN3C1COC1. The van der Waals surface area contributed by atoms with E-state index < -0.39 is 0 Å². The molecule has 2 bridgehead atoms. The fourth-order valence-electron chi connectivity index (χ4n) is 6.24. The Kier molecular flexibility index (Phi) is 2.83. The van der Waals surface area contributed by atoms with Crippen LogP contribution in [0.25, 0.3) is 11.3 Å². The number of fused-ring (bicyclic) bond motifs is 1. The van der Waals surface area contributed by atoms with Crippen molar-refractivity contribution in [1.29, 1.82) is 0 Å². The number of aromatic nitrogens is 3. The molecule has 6 fully saturated rings. The van der Waals surface area contributed by atoms with Crippen molar-refractivity contribution in [2.24, 2.45) is 11.8 Å². The van der Waals surface area contributed by atoms with E-state index in [0.717, 1.165) is 42.3 Å². The minimum absolute atomic E-state index is 0.365. The first-order valence-corrected chi connectivity index (χ1v) is 10.8. The third kappa shape index (κ3) is 1.81. The monoisotopic (exact) mass is 377 g/mol. The van der Waals surface area contributed by atoms with Gasteiger partial charge in [0.25, 0.3) is 0 Å². The van der Waals surface area contributed by atoms with Gasteiger partial charge in [-0.2, -0.15) is 5.10 Å². The lowest BCUT2D eigenvalue weighted by molar-refractivity contribution is -0.0601. The number of hydrogen-bond acceptors (Lipinski definition) is 5. The molecule has 6 aliphatic rings. The van der Waals surface area contributed by atoms with Gasteiger partial charge in [-0.25, -0.2) is 4.98 Å². The number of anilines is 1. The second-order valence-corrected chi connectivity index (χ2v) is 9.82. The maximum atomic E-state index is 6.13. The fraction of sp³-hybridized carbons (Fsp3) is 0.636. The van der Waals surface area contributed by atoms with Crippen molar-refractivity contribution < 1.29 is 4.74 Å². The molecule has 3 saturated carbocycles. The number of hydrogen-bond donors (Lipinski definition) is 1. The molecule has 3 aliphatic heterocycles. The Labute approximate surface area is 165 Å². The van der Waals surface area contributed by atoms with Gasteiger partial charge >= 0.3 is 0 Å². The van der Waals surface area contributed by atoms with Crippen LogP contribution in [-0.2, 0) is 10.2 Å². The number of nitrogens with two attached hydrogens (primary N) is 1. The van der Waals surface area contributed by atoms with Crippen LogP contribution in [0, 0.1) is 11.8 Å². The molecule has 6 nitrogen and oxygen atoms in total. The summed E-state index contributed by atoms with van der Waals surface area (Å²) < 4.78 is 7.74. The summed E-state index contributed by atoms with van der Waals surface area (Å²) >= 11 is 0. The Morgan fingerprint density at radius 3 is 2.71 bits per heavy atom. The molecule has 0 amide bonds. The van der Waals surface area contributed by atoms with Gasteiger partial charge < -0.3 is 10.5 Å². The maximum absolute atomic E-state index is 6.13. The van der Waals surface area contributed by atoms with Crippen molar-refractivity contribution in [2.45, 2.75) is 56.1 Å². The van der Waals surface area contributed by atoms with Crippen molar-refractivity contribution in [3.05, 3.63) is 29.6 Å². The molecule has 2 aromatic heterocycles. The lowest BCUT2D eigenvalue weighted by atomic mass is 10.0. The highest BCUT2D eigenvalue weighted by molar-refractivity contribution is 5.66. The van der Waals surface area contributed by atoms with E-state index in [9.17, 15) is 0 Å². The zero-order chi connectivity index (χ0) is 18.8. The molecule has 3 saturated heterocycles. The summed E-state index contributed by atoms with van der Waals surface area (Å²) in [7, 11) is 0. The summed E-state index contributed by atoms with van der Waals surface area (Å²) in [5.74, 6) is 2.96. The van der Waals surface area contributed by atoms with Crippen LogP contribution in [0.1, 0.15) is 49.9 Å². The predicted octanol–water partition coefficient (Wildman–Crippen LogP) is 2.57. The quantitative estimate of drug-likeness (QED) is 0.867. The van der Waals surface area contributed by atoms with Crippen LogP contribution in [0.5, 0.6) is 0 Å². The van der Waals surface area contributed by atoms with Crippen LogP contribution < -0.4 is 5.73 Å². The molecular weight excluding hydrogens is 350 g/mol. The molecule has 1 unspecified atom stereocenters. The second kappa shape index (κ2) is 4.97. The van der Waals surface area contributed by atoms with Gasteiger partial charge in [0.2, 0.25) is 0 Å². The predicted molar refractivity (Wildman–Crippen MR) is 106 cm³/mol. The van der Waals surface area contributed by atoms with Crippen LogP contribution in [0.2, 0.25) is 0 Å². The van der Waals surface area contributed by atoms with Crippen molar-refractivity contribution in [3.63, 3.8) is 0 Å². The maximum Gasteiger partial charge on any atom is 0.126 e. The molecule has 0 aromatic carbocycles. The van der Waals surface area contributed by atoms with Gasteiger partial charge in [0, 0.05) is 41.5 Å². The smallest absolute Gasteiger partial charge is 0.126 e. The van der Waals surface area contributed by atoms with Gasteiger partial charge in [0.15, 0.2) is 0 Å². The first-order valence-electron chi connectivity index (χ1n) is 10.8. The van der Waals surface area contributed by atoms with Crippen molar-refractivity contribution >= 4 is 5.82 Å². The van der Waals surface area contributed by atoms with Crippen LogP contribution >= 0.6 is 0 Å². The number of pyridine rings is 1. The van der Waals surface area contributed by atoms with Crippen molar-refractivity contribution in [3.8, 4) is 11.3 Å². The zero-order valence-electron chi connectivity index (χ0n) is 16.5. The molecule has 4 atom stereocenters. The standard InChI is InChI=1S/C22H27N5O/c1-11(2)27-18(22-16-8-26(14-9-28-10-14)20(22)19(16)22)6-17(25-27)13-5-15(12-3-4-12)21(23)24-7-13/h5-7,11-12,14,16,19-20H,3-4,8-10H2,1-2H3,(H2,23,24)/t16-,19-,20?,22-/m1/s1. The molecule has 8 rings (SSSR count). The minimum atomic E-state index is 0.365. The number of ether oxygens (including phenoxy) is 1. The van der Waals surface area contributed by atoms with Crippen LogP contribution in [0.3, 0.4) is 0 Å². The van der Waals surface area contributed by atoms with E-state index in [1.165, 1.54) is 30.6 Å². The molecule has 3 aliphatic carbocycles. The second-order valence-electron chi connectivity index (χ2n) is 9.82. The Bertz CT molecular complexity index is 985. The molecule has 0 spiro atoms. The first kappa shape index (κ1) is 15.9. The van der Waals surface area contributed by atoms with Gasteiger partial charge in [-0.05, 0) is 62.1 Å². The number of nitrogen functional groups attached to an aromatic ring is 1. The van der Waals surface area contributed by atoms with Gasteiger partial charge in [0.1, 0.15) is 5.82 Å². The van der Waals surface area contributed by atoms with Crippen molar-refractivity contribution in [1.82, 2.24) is 19.7 Å². The normalized spacial score (nSPS) is 35.9. The highest BCUT2D eigenvalue weighted by Gasteiger charge is 2.94. The topological polar surface area (TPSA) is 69.2 Å². The van der Waals surface area contributed by atoms with Crippen LogP contribution in [-0.4, -0.2) is 51.5 Å². The van der Waals surface area contributed by atoms with E-state index in [0.29, 0.717) is 29.2 Å². The molecule has 6 heteroatoms. The summed E-state index contributed by atoms with van der Waals surface area (Å²) in [6, 6.07) is 6.33. The lowest BCUT2D eigenvalue weighted by Crippen LogP contribution is -2.48. The van der Waals surface area contributed by atoms with E-state index in [2.05, 4.69) is 40.5 Å². The summed E-state index contributed by atoms with van der Waals surface area (Å²) in [5, 5.41) is 5.06. The molecule has 0 radical (unpaired) electrons. The first-order chi connectivity index (χ1) is 13.6. The molecule has 146 valence electrons. The molecule has 28 heavy (non-hydrogen) atoms. The van der Waals surface area contributed by atoms with E-state index in [-0.39, 0.29) is 0 Å². The van der Waals surface area contributed by atoms with E-state index in [1.807, 2.05) is 6.20 Å². The van der Waals surface area contributed by atoms with E-state index in [1.54, 1.807) is 0 Å². The fourth-order valence-corrected chi connectivity index (χ4v) is 6.24. The number of nitrogens with zero attached hydrogens (tertiary/aromatic N) is 4. The Hall–Kier alpha value is -1.92. The highest BCUT2D eigenvalue weighted by Crippen LogP contribution is 2.86. The Balaban J connectivity index is 1.27. The summed E-state index contributed by atoms with van der Waals surface area (Å²) in [4.78, 5) is 7.22. The van der Waals surface area contributed by atoms with Gasteiger partial charge in [-0.3, -0.25) is 9.58 Å². The molecule has 2 aromatic rings. The van der Waals surface area contributed by atoms with Crippen LogP contribution in [0.15, 0.2) is 18.3 Å². The average molecular weight is 377 g/mol. The largest absolute Gasteiger partial charge is 0.383 e. The zero-order valence-corrected chi connectivity index (χ0v) is 16.5. The minimum Gasteiger partial charge on any atom is -0.383 e. The number of piperidine rings is 1. The Morgan fingerprint density at radius 1 is 1.25 bits per heavy atom. The average Bonchev–Trinajstić information content (AvgIpc) is 3.56. The molecular formula is C22H27N5O. The van der Waals surface area contributed by atoms with Crippen LogP contribution in [0.4, 0.5) is 5.82 Å². The molecule has 5 heterocycles. The van der Waals surface area contributed by atoms with E-state index >= 15 is 0 Å². The Morgan fingerprint density at radius 2 is 2.07 bits per heavy atom. The third-order valence-corrected chi connectivity index (χ3v) is 8.00. The highest BCUT2D eigenvalue weighted by atomic mass is 16.5.